The van der Waals surface area contributed by atoms with Gasteiger partial charge in [-0.1, -0.05) is 29.8 Å². The second-order valence-electron chi connectivity index (χ2n) is 5.62. The highest BCUT2D eigenvalue weighted by Crippen LogP contribution is 2.20. The van der Waals surface area contributed by atoms with E-state index in [1.165, 1.54) is 5.56 Å². The number of hydrogen-bond acceptors (Lipinski definition) is 3. The molecule has 0 bridgehead atoms. The molecule has 0 saturated carbocycles. The van der Waals surface area contributed by atoms with Gasteiger partial charge in [-0.2, -0.15) is 0 Å². The standard InChI is InChI=1S/C19H23NO3/c1-13-8-9-14(2)18(10-13)15(3)20-19(21)12-23-17-7-5-6-16(11-17)22-4/h5-11,15H,12H2,1-4H3,(H,20,21)/t15-/m1/s1. The van der Waals surface area contributed by atoms with E-state index < -0.39 is 0 Å². The molecule has 1 N–H and O–H groups in total. The molecule has 23 heavy (non-hydrogen) atoms. The van der Waals surface area contributed by atoms with Crippen molar-refractivity contribution in [1.82, 2.24) is 5.32 Å². The molecule has 0 aliphatic rings. The van der Waals surface area contributed by atoms with Crippen LogP contribution in [0.2, 0.25) is 0 Å². The summed E-state index contributed by atoms with van der Waals surface area (Å²) in [5, 5.41) is 2.97. The number of benzene rings is 2. The summed E-state index contributed by atoms with van der Waals surface area (Å²) < 4.78 is 10.6. The molecule has 0 aromatic heterocycles. The maximum Gasteiger partial charge on any atom is 0.258 e. The van der Waals surface area contributed by atoms with Crippen molar-refractivity contribution in [2.75, 3.05) is 13.7 Å². The predicted octanol–water partition coefficient (Wildman–Crippen LogP) is 3.57. The molecule has 0 fully saturated rings. The van der Waals surface area contributed by atoms with Gasteiger partial charge >= 0.3 is 0 Å². The average molecular weight is 313 g/mol. The molecule has 1 atom stereocenters. The first kappa shape index (κ1) is 16.9. The van der Waals surface area contributed by atoms with Crippen LogP contribution >= 0.6 is 0 Å². The second-order valence-corrected chi connectivity index (χ2v) is 5.62. The van der Waals surface area contributed by atoms with E-state index in [4.69, 9.17) is 9.47 Å². The summed E-state index contributed by atoms with van der Waals surface area (Å²) in [5.74, 6) is 1.16. The van der Waals surface area contributed by atoms with Crippen molar-refractivity contribution in [3.8, 4) is 11.5 Å². The molecule has 2 aromatic carbocycles. The van der Waals surface area contributed by atoms with E-state index in [-0.39, 0.29) is 18.6 Å². The smallest absolute Gasteiger partial charge is 0.258 e. The van der Waals surface area contributed by atoms with Crippen molar-refractivity contribution in [2.24, 2.45) is 0 Å². The summed E-state index contributed by atoms with van der Waals surface area (Å²) >= 11 is 0. The molecule has 0 heterocycles. The van der Waals surface area contributed by atoms with Gasteiger partial charge in [-0.25, -0.2) is 0 Å². The predicted molar refractivity (Wildman–Crippen MR) is 91.0 cm³/mol. The first-order valence-corrected chi connectivity index (χ1v) is 7.63. The highest BCUT2D eigenvalue weighted by molar-refractivity contribution is 5.78. The summed E-state index contributed by atoms with van der Waals surface area (Å²) in [4.78, 5) is 12.1. The molecule has 0 aliphatic heterocycles. The van der Waals surface area contributed by atoms with Crippen LogP contribution in [0.15, 0.2) is 42.5 Å². The number of ether oxygens (including phenoxy) is 2. The Morgan fingerprint density at radius 3 is 2.61 bits per heavy atom. The Hall–Kier alpha value is -2.49. The third-order valence-corrected chi connectivity index (χ3v) is 3.69. The molecular weight excluding hydrogens is 290 g/mol. The Morgan fingerprint density at radius 1 is 1.13 bits per heavy atom. The molecule has 0 spiro atoms. The quantitative estimate of drug-likeness (QED) is 0.887. The SMILES string of the molecule is COc1cccc(OCC(=O)N[C@H](C)c2cc(C)ccc2C)c1. The van der Waals surface area contributed by atoms with Crippen LogP contribution in [0.5, 0.6) is 11.5 Å². The van der Waals surface area contributed by atoms with Gasteiger partial charge in [-0.05, 0) is 44.0 Å². The van der Waals surface area contributed by atoms with Crippen molar-refractivity contribution in [3.05, 3.63) is 59.2 Å². The van der Waals surface area contributed by atoms with E-state index in [1.54, 1.807) is 19.2 Å². The van der Waals surface area contributed by atoms with Crippen LogP contribution in [0.1, 0.15) is 29.7 Å². The summed E-state index contributed by atoms with van der Waals surface area (Å²) in [5.41, 5.74) is 3.47. The number of nitrogens with one attached hydrogen (secondary N) is 1. The molecule has 2 rings (SSSR count). The molecule has 122 valence electrons. The number of carbonyl (C=O) groups excluding carboxylic acids is 1. The van der Waals surface area contributed by atoms with Crippen molar-refractivity contribution in [2.45, 2.75) is 26.8 Å². The number of methoxy groups -OCH3 is 1. The molecule has 0 unspecified atom stereocenters. The minimum Gasteiger partial charge on any atom is -0.497 e. The molecule has 2 aromatic rings. The largest absolute Gasteiger partial charge is 0.497 e. The summed E-state index contributed by atoms with van der Waals surface area (Å²) in [7, 11) is 1.59. The van der Waals surface area contributed by atoms with Gasteiger partial charge in [0.1, 0.15) is 11.5 Å². The van der Waals surface area contributed by atoms with E-state index in [0.29, 0.717) is 11.5 Å². The zero-order valence-corrected chi connectivity index (χ0v) is 14.1. The minimum absolute atomic E-state index is 0.0254. The Morgan fingerprint density at radius 2 is 1.87 bits per heavy atom. The minimum atomic E-state index is -0.152. The Bertz CT molecular complexity index is 682. The third-order valence-electron chi connectivity index (χ3n) is 3.69. The van der Waals surface area contributed by atoms with Crippen LogP contribution in [0.4, 0.5) is 0 Å². The van der Waals surface area contributed by atoms with E-state index >= 15 is 0 Å². The van der Waals surface area contributed by atoms with E-state index in [9.17, 15) is 4.79 Å². The summed E-state index contributed by atoms with van der Waals surface area (Å²) in [6.07, 6.45) is 0. The van der Waals surface area contributed by atoms with Crippen LogP contribution < -0.4 is 14.8 Å². The van der Waals surface area contributed by atoms with E-state index in [2.05, 4.69) is 23.5 Å². The lowest BCUT2D eigenvalue weighted by Crippen LogP contribution is -2.31. The molecule has 4 heteroatoms. The van der Waals surface area contributed by atoms with Crippen LogP contribution in [0.3, 0.4) is 0 Å². The highest BCUT2D eigenvalue weighted by atomic mass is 16.5. The average Bonchev–Trinajstić information content (AvgIpc) is 2.55. The third kappa shape index (κ3) is 4.74. The van der Waals surface area contributed by atoms with Crippen LogP contribution in [0, 0.1) is 13.8 Å². The topological polar surface area (TPSA) is 47.6 Å². The maximum absolute atomic E-state index is 12.1. The first-order valence-electron chi connectivity index (χ1n) is 7.63. The van der Waals surface area contributed by atoms with Crippen LogP contribution in [-0.2, 0) is 4.79 Å². The second kappa shape index (κ2) is 7.68. The Balaban J connectivity index is 1.92. The summed E-state index contributed by atoms with van der Waals surface area (Å²) in [6.45, 7) is 6.04. The maximum atomic E-state index is 12.1. The number of carbonyl (C=O) groups is 1. The molecule has 0 radical (unpaired) electrons. The van der Waals surface area contributed by atoms with Crippen molar-refractivity contribution in [1.29, 1.82) is 0 Å². The Kier molecular flexibility index (Phi) is 5.63. The number of rotatable bonds is 6. The molecule has 0 saturated heterocycles. The molecule has 4 nitrogen and oxygen atoms in total. The van der Waals surface area contributed by atoms with E-state index in [0.717, 1.165) is 11.1 Å². The van der Waals surface area contributed by atoms with Crippen molar-refractivity contribution < 1.29 is 14.3 Å². The lowest BCUT2D eigenvalue weighted by Gasteiger charge is -2.17. The number of amides is 1. The van der Waals surface area contributed by atoms with Gasteiger partial charge in [0, 0.05) is 6.07 Å². The normalized spacial score (nSPS) is 11.7. The van der Waals surface area contributed by atoms with Gasteiger partial charge in [0.05, 0.1) is 13.2 Å². The highest BCUT2D eigenvalue weighted by Gasteiger charge is 2.12. The number of aryl methyl sites for hydroxylation is 2. The van der Waals surface area contributed by atoms with E-state index in [1.807, 2.05) is 32.9 Å². The van der Waals surface area contributed by atoms with Crippen molar-refractivity contribution in [3.63, 3.8) is 0 Å². The van der Waals surface area contributed by atoms with Crippen LogP contribution in [0.25, 0.3) is 0 Å². The van der Waals surface area contributed by atoms with Gasteiger partial charge in [-0.15, -0.1) is 0 Å². The van der Waals surface area contributed by atoms with Gasteiger partial charge in [0.15, 0.2) is 6.61 Å². The zero-order chi connectivity index (χ0) is 16.8. The lowest BCUT2D eigenvalue weighted by atomic mass is 10.00. The first-order chi connectivity index (χ1) is 11.0. The molecule has 0 aliphatic carbocycles. The van der Waals surface area contributed by atoms with Gasteiger partial charge in [0.2, 0.25) is 0 Å². The van der Waals surface area contributed by atoms with Gasteiger partial charge in [-0.3, -0.25) is 4.79 Å². The Labute approximate surface area is 137 Å². The monoisotopic (exact) mass is 313 g/mol. The summed E-state index contributed by atoms with van der Waals surface area (Å²) in [6, 6.07) is 13.4. The van der Waals surface area contributed by atoms with Crippen LogP contribution in [-0.4, -0.2) is 19.6 Å². The molecule has 1 amide bonds. The fourth-order valence-electron chi connectivity index (χ4n) is 2.43. The zero-order valence-electron chi connectivity index (χ0n) is 14.1. The van der Waals surface area contributed by atoms with Crippen molar-refractivity contribution >= 4 is 5.91 Å². The fourth-order valence-corrected chi connectivity index (χ4v) is 2.43. The number of hydrogen-bond donors (Lipinski definition) is 1. The van der Waals surface area contributed by atoms with Gasteiger partial charge < -0.3 is 14.8 Å². The molecular formula is C19H23NO3. The lowest BCUT2D eigenvalue weighted by molar-refractivity contribution is -0.123. The van der Waals surface area contributed by atoms with Gasteiger partial charge in [0.25, 0.3) is 5.91 Å². The fraction of sp³-hybridized carbons (Fsp3) is 0.316.